The predicted molar refractivity (Wildman–Crippen MR) is 71.4 cm³/mol. The maximum Gasteiger partial charge on any atom is 0.237 e. The van der Waals surface area contributed by atoms with Crippen molar-refractivity contribution in [3.05, 3.63) is 0 Å². The van der Waals surface area contributed by atoms with E-state index in [4.69, 9.17) is 4.74 Å². The van der Waals surface area contributed by atoms with Crippen molar-refractivity contribution >= 4 is 5.91 Å². The molecule has 2 rings (SSSR count). The zero-order valence-corrected chi connectivity index (χ0v) is 11.6. The number of carbonyl (C=O) groups excluding carboxylic acids is 1. The highest BCUT2D eigenvalue weighted by molar-refractivity contribution is 5.81. The van der Waals surface area contributed by atoms with Crippen LogP contribution in [0.15, 0.2) is 0 Å². The molecule has 1 heterocycles. The van der Waals surface area contributed by atoms with Crippen molar-refractivity contribution in [2.45, 2.75) is 58.0 Å². The molecule has 104 valence electrons. The highest BCUT2D eigenvalue weighted by Crippen LogP contribution is 2.25. The zero-order chi connectivity index (χ0) is 13.0. The summed E-state index contributed by atoms with van der Waals surface area (Å²) in [5, 5.41) is 6.48. The van der Waals surface area contributed by atoms with E-state index in [0.29, 0.717) is 6.04 Å². The van der Waals surface area contributed by atoms with Gasteiger partial charge in [0.05, 0.1) is 19.3 Å². The predicted octanol–water partition coefficient (Wildman–Crippen LogP) is 1.45. The Kier molecular flexibility index (Phi) is 4.62. The van der Waals surface area contributed by atoms with Gasteiger partial charge in [-0.3, -0.25) is 4.79 Å². The number of hydrogen-bond acceptors (Lipinski definition) is 3. The highest BCUT2D eigenvalue weighted by atomic mass is 16.5. The van der Waals surface area contributed by atoms with Gasteiger partial charge in [-0.25, -0.2) is 0 Å². The summed E-state index contributed by atoms with van der Waals surface area (Å²) in [7, 11) is 0. The molecule has 1 aliphatic heterocycles. The lowest BCUT2D eigenvalue weighted by atomic mass is 9.88. The van der Waals surface area contributed by atoms with Crippen LogP contribution in [0.5, 0.6) is 0 Å². The molecule has 1 saturated carbocycles. The second-order valence-electron chi connectivity index (χ2n) is 6.25. The molecule has 4 nitrogen and oxygen atoms in total. The molecular weight excluding hydrogens is 228 g/mol. The molecule has 0 aromatic heterocycles. The SMILES string of the molecule is CC(NCC1(C)COC1)C(=O)NC1CCCCC1. The lowest BCUT2D eigenvalue weighted by molar-refractivity contribution is -0.125. The maximum atomic E-state index is 12.0. The molecule has 1 aliphatic carbocycles. The molecule has 18 heavy (non-hydrogen) atoms. The van der Waals surface area contributed by atoms with Crippen molar-refractivity contribution in [3.8, 4) is 0 Å². The van der Waals surface area contributed by atoms with Gasteiger partial charge < -0.3 is 15.4 Å². The van der Waals surface area contributed by atoms with Crippen LogP contribution in [0.4, 0.5) is 0 Å². The zero-order valence-electron chi connectivity index (χ0n) is 11.6. The van der Waals surface area contributed by atoms with Crippen LogP contribution in [-0.2, 0) is 9.53 Å². The van der Waals surface area contributed by atoms with E-state index in [-0.39, 0.29) is 17.4 Å². The molecule has 2 aliphatic rings. The van der Waals surface area contributed by atoms with Crippen molar-refractivity contribution in [1.29, 1.82) is 0 Å². The van der Waals surface area contributed by atoms with Crippen LogP contribution < -0.4 is 10.6 Å². The summed E-state index contributed by atoms with van der Waals surface area (Å²) < 4.78 is 5.21. The topological polar surface area (TPSA) is 50.4 Å². The summed E-state index contributed by atoms with van der Waals surface area (Å²) in [6.07, 6.45) is 6.11. The van der Waals surface area contributed by atoms with Crippen LogP contribution in [0.25, 0.3) is 0 Å². The summed E-state index contributed by atoms with van der Waals surface area (Å²) in [4.78, 5) is 12.0. The molecule has 0 bridgehead atoms. The molecule has 1 unspecified atom stereocenters. The summed E-state index contributed by atoms with van der Waals surface area (Å²) in [6.45, 7) is 6.59. The quantitative estimate of drug-likeness (QED) is 0.781. The molecular formula is C14H26N2O2. The number of rotatable bonds is 5. The van der Waals surface area contributed by atoms with Crippen LogP contribution in [0.1, 0.15) is 46.0 Å². The Morgan fingerprint density at radius 3 is 2.56 bits per heavy atom. The van der Waals surface area contributed by atoms with E-state index in [1.54, 1.807) is 0 Å². The largest absolute Gasteiger partial charge is 0.380 e. The van der Waals surface area contributed by atoms with Gasteiger partial charge in [-0.05, 0) is 19.8 Å². The fourth-order valence-corrected chi connectivity index (χ4v) is 2.62. The van der Waals surface area contributed by atoms with Gasteiger partial charge in [-0.15, -0.1) is 0 Å². The standard InChI is InChI=1S/C14H26N2O2/c1-11(15-8-14(2)9-18-10-14)13(17)16-12-6-4-3-5-7-12/h11-12,15H,3-10H2,1-2H3,(H,16,17). The third kappa shape index (κ3) is 3.69. The average molecular weight is 254 g/mol. The Morgan fingerprint density at radius 1 is 1.33 bits per heavy atom. The monoisotopic (exact) mass is 254 g/mol. The minimum atomic E-state index is -0.107. The van der Waals surface area contributed by atoms with Crippen LogP contribution in [0, 0.1) is 5.41 Å². The molecule has 0 aromatic rings. The first-order valence-electron chi connectivity index (χ1n) is 7.21. The fourth-order valence-electron chi connectivity index (χ4n) is 2.62. The van der Waals surface area contributed by atoms with Gasteiger partial charge >= 0.3 is 0 Å². The minimum absolute atomic E-state index is 0.107. The Labute approximate surface area is 110 Å². The number of ether oxygens (including phenoxy) is 1. The van der Waals surface area contributed by atoms with Gasteiger partial charge in [0, 0.05) is 18.0 Å². The highest BCUT2D eigenvalue weighted by Gasteiger charge is 2.33. The molecule has 1 amide bonds. The number of amides is 1. The van der Waals surface area contributed by atoms with E-state index in [2.05, 4.69) is 17.6 Å². The normalized spacial score (nSPS) is 25.2. The Bertz CT molecular complexity index is 284. The third-order valence-corrected chi connectivity index (χ3v) is 4.08. The average Bonchev–Trinajstić information content (AvgIpc) is 2.34. The van der Waals surface area contributed by atoms with Crippen molar-refractivity contribution in [2.75, 3.05) is 19.8 Å². The van der Waals surface area contributed by atoms with Crippen LogP contribution in [-0.4, -0.2) is 37.7 Å². The van der Waals surface area contributed by atoms with E-state index >= 15 is 0 Å². The smallest absolute Gasteiger partial charge is 0.237 e. The third-order valence-electron chi connectivity index (χ3n) is 4.08. The Balaban J connectivity index is 1.67. The van der Waals surface area contributed by atoms with E-state index in [1.807, 2.05) is 6.92 Å². The summed E-state index contributed by atoms with van der Waals surface area (Å²) in [5.41, 5.74) is 0.222. The molecule has 0 radical (unpaired) electrons. The van der Waals surface area contributed by atoms with Gasteiger partial charge in [-0.1, -0.05) is 26.2 Å². The van der Waals surface area contributed by atoms with Gasteiger partial charge in [0.2, 0.25) is 5.91 Å². The van der Waals surface area contributed by atoms with Crippen molar-refractivity contribution in [1.82, 2.24) is 10.6 Å². The number of nitrogens with one attached hydrogen (secondary N) is 2. The first-order valence-corrected chi connectivity index (χ1v) is 7.21. The first-order chi connectivity index (χ1) is 8.59. The fraction of sp³-hybridized carbons (Fsp3) is 0.929. The minimum Gasteiger partial charge on any atom is -0.380 e. The molecule has 2 N–H and O–H groups in total. The van der Waals surface area contributed by atoms with Crippen LogP contribution in [0.3, 0.4) is 0 Å². The van der Waals surface area contributed by atoms with Crippen molar-refractivity contribution < 1.29 is 9.53 Å². The van der Waals surface area contributed by atoms with Gasteiger partial charge in [-0.2, -0.15) is 0 Å². The maximum absolute atomic E-state index is 12.0. The summed E-state index contributed by atoms with van der Waals surface area (Å²) >= 11 is 0. The lowest BCUT2D eigenvalue weighted by Crippen LogP contribution is -2.53. The van der Waals surface area contributed by atoms with E-state index < -0.39 is 0 Å². The Morgan fingerprint density at radius 2 is 2.00 bits per heavy atom. The summed E-state index contributed by atoms with van der Waals surface area (Å²) in [6, 6.07) is 0.294. The number of carbonyl (C=O) groups is 1. The van der Waals surface area contributed by atoms with Gasteiger partial charge in [0.1, 0.15) is 0 Å². The molecule has 0 spiro atoms. The van der Waals surface area contributed by atoms with Gasteiger partial charge in [0.15, 0.2) is 0 Å². The van der Waals surface area contributed by atoms with Crippen LogP contribution >= 0.6 is 0 Å². The van der Waals surface area contributed by atoms with Gasteiger partial charge in [0.25, 0.3) is 0 Å². The summed E-state index contributed by atoms with van der Waals surface area (Å²) in [5.74, 6) is 0.144. The molecule has 2 fully saturated rings. The molecule has 1 saturated heterocycles. The molecule has 0 aromatic carbocycles. The molecule has 4 heteroatoms. The van der Waals surface area contributed by atoms with E-state index in [1.165, 1.54) is 19.3 Å². The van der Waals surface area contributed by atoms with E-state index in [9.17, 15) is 4.79 Å². The first kappa shape index (κ1) is 13.8. The van der Waals surface area contributed by atoms with Crippen molar-refractivity contribution in [2.24, 2.45) is 5.41 Å². The lowest BCUT2D eigenvalue weighted by Gasteiger charge is -2.39. The van der Waals surface area contributed by atoms with Crippen molar-refractivity contribution in [3.63, 3.8) is 0 Å². The number of hydrogen-bond donors (Lipinski definition) is 2. The second-order valence-corrected chi connectivity index (χ2v) is 6.25. The van der Waals surface area contributed by atoms with Crippen LogP contribution in [0.2, 0.25) is 0 Å². The Hall–Kier alpha value is -0.610. The van der Waals surface area contributed by atoms with E-state index in [0.717, 1.165) is 32.6 Å². The second kappa shape index (κ2) is 6.02. The molecule has 1 atom stereocenters.